The van der Waals surface area contributed by atoms with Gasteiger partial charge in [-0.25, -0.2) is 4.68 Å². The third-order valence-electron chi connectivity index (χ3n) is 3.14. The third-order valence-corrected chi connectivity index (χ3v) is 4.10. The molecule has 3 rings (SSSR count). The first kappa shape index (κ1) is 13.8. The average Bonchev–Trinajstić information content (AvgIpc) is 2.97. The van der Waals surface area contributed by atoms with E-state index in [1.807, 2.05) is 28.9 Å². The Kier molecular flexibility index (Phi) is 4.63. The van der Waals surface area contributed by atoms with E-state index in [0.717, 1.165) is 17.3 Å². The predicted molar refractivity (Wildman–Crippen MR) is 84.2 cm³/mol. The van der Waals surface area contributed by atoms with Gasteiger partial charge in [0.05, 0.1) is 6.54 Å². The predicted octanol–water partition coefficient (Wildman–Crippen LogP) is 3.06. The molecule has 0 amide bonds. The smallest absolute Gasteiger partial charge is 0.209 e. The van der Waals surface area contributed by atoms with E-state index in [0.29, 0.717) is 6.54 Å². The maximum Gasteiger partial charge on any atom is 0.209 e. The Morgan fingerprint density at radius 3 is 2.24 bits per heavy atom. The number of nitrogens with zero attached hydrogens (tertiary/aromatic N) is 4. The Balaban J connectivity index is 1.58. The maximum atomic E-state index is 4.11. The van der Waals surface area contributed by atoms with Crippen LogP contribution in [0.1, 0.15) is 11.1 Å². The molecule has 0 saturated carbocycles. The molecule has 4 nitrogen and oxygen atoms in total. The summed E-state index contributed by atoms with van der Waals surface area (Å²) in [5, 5.41) is 12.8. The highest BCUT2D eigenvalue weighted by Crippen LogP contribution is 2.16. The first-order chi connectivity index (χ1) is 10.4. The monoisotopic (exact) mass is 296 g/mol. The lowest BCUT2D eigenvalue weighted by molar-refractivity contribution is 0.603. The van der Waals surface area contributed by atoms with Crippen molar-refractivity contribution in [3.05, 3.63) is 71.8 Å². The fraction of sp³-hybridized carbons (Fsp3) is 0.188. The number of tetrazole rings is 1. The van der Waals surface area contributed by atoms with E-state index < -0.39 is 0 Å². The van der Waals surface area contributed by atoms with Crippen molar-refractivity contribution >= 4 is 11.8 Å². The summed E-state index contributed by atoms with van der Waals surface area (Å²) in [6.07, 6.45) is 1.02. The molecule has 106 valence electrons. The molecule has 0 aliphatic heterocycles. The van der Waals surface area contributed by atoms with Crippen molar-refractivity contribution in [1.29, 1.82) is 0 Å². The van der Waals surface area contributed by atoms with Crippen molar-refractivity contribution in [3.8, 4) is 0 Å². The molecule has 0 saturated heterocycles. The van der Waals surface area contributed by atoms with Crippen LogP contribution in [0, 0.1) is 0 Å². The molecule has 0 spiro atoms. The molecule has 5 heteroatoms. The minimum Gasteiger partial charge on any atom is -0.216 e. The van der Waals surface area contributed by atoms with Gasteiger partial charge in [0.15, 0.2) is 0 Å². The van der Waals surface area contributed by atoms with Gasteiger partial charge < -0.3 is 0 Å². The van der Waals surface area contributed by atoms with E-state index in [1.54, 1.807) is 11.8 Å². The van der Waals surface area contributed by atoms with E-state index in [1.165, 1.54) is 11.1 Å². The number of hydrogen-bond donors (Lipinski definition) is 0. The van der Waals surface area contributed by atoms with Gasteiger partial charge in [0, 0.05) is 5.75 Å². The summed E-state index contributed by atoms with van der Waals surface area (Å²) >= 11 is 1.69. The van der Waals surface area contributed by atoms with E-state index in [4.69, 9.17) is 0 Å². The molecule has 0 N–H and O–H groups in total. The van der Waals surface area contributed by atoms with Crippen LogP contribution in [0.25, 0.3) is 0 Å². The molecule has 3 aromatic rings. The van der Waals surface area contributed by atoms with E-state index in [9.17, 15) is 0 Å². The van der Waals surface area contributed by atoms with Gasteiger partial charge in [-0.1, -0.05) is 72.4 Å². The summed E-state index contributed by atoms with van der Waals surface area (Å²) in [4.78, 5) is 0. The second-order valence-corrected chi connectivity index (χ2v) is 5.75. The average molecular weight is 296 g/mol. The van der Waals surface area contributed by atoms with Crippen molar-refractivity contribution in [2.75, 3.05) is 5.75 Å². The molecule has 1 aromatic heterocycles. The molecule has 0 atom stereocenters. The summed E-state index contributed by atoms with van der Waals surface area (Å²) in [6, 6.07) is 20.7. The number of thioether (sulfide) groups is 1. The lowest BCUT2D eigenvalue weighted by atomic mass is 10.2. The molecular formula is C16H16N4S. The van der Waals surface area contributed by atoms with Crippen LogP contribution in [-0.4, -0.2) is 26.0 Å². The van der Waals surface area contributed by atoms with Crippen molar-refractivity contribution < 1.29 is 0 Å². The van der Waals surface area contributed by atoms with Gasteiger partial charge in [0.25, 0.3) is 0 Å². The Hall–Kier alpha value is -2.14. The first-order valence-corrected chi connectivity index (χ1v) is 7.87. The van der Waals surface area contributed by atoms with Crippen molar-refractivity contribution in [2.24, 2.45) is 0 Å². The topological polar surface area (TPSA) is 43.6 Å². The highest BCUT2D eigenvalue weighted by atomic mass is 32.2. The molecule has 0 unspecified atom stereocenters. The maximum absolute atomic E-state index is 4.11. The van der Waals surface area contributed by atoms with Crippen molar-refractivity contribution in [3.63, 3.8) is 0 Å². The Morgan fingerprint density at radius 2 is 1.52 bits per heavy atom. The van der Waals surface area contributed by atoms with Crippen molar-refractivity contribution in [2.45, 2.75) is 18.1 Å². The highest BCUT2D eigenvalue weighted by molar-refractivity contribution is 7.99. The summed E-state index contributed by atoms with van der Waals surface area (Å²) in [6.45, 7) is 0.710. The van der Waals surface area contributed by atoms with Crippen molar-refractivity contribution in [1.82, 2.24) is 20.2 Å². The van der Waals surface area contributed by atoms with Crippen LogP contribution in [0.4, 0.5) is 0 Å². The zero-order valence-corrected chi connectivity index (χ0v) is 12.4. The quantitative estimate of drug-likeness (QED) is 0.656. The standard InChI is InChI=1S/C16H16N4S/c1-3-7-14(8-4-1)11-12-21-16-17-18-19-20(16)13-15-9-5-2-6-10-15/h1-10H,11-13H2. The van der Waals surface area contributed by atoms with Gasteiger partial charge in [-0.3, -0.25) is 0 Å². The summed E-state index contributed by atoms with van der Waals surface area (Å²) < 4.78 is 1.85. The summed E-state index contributed by atoms with van der Waals surface area (Å²) in [5.74, 6) is 0.971. The highest BCUT2D eigenvalue weighted by Gasteiger charge is 2.07. The Labute approximate surface area is 128 Å². The van der Waals surface area contributed by atoms with Gasteiger partial charge in [-0.2, -0.15) is 0 Å². The third kappa shape index (κ3) is 3.92. The van der Waals surface area contributed by atoms with Crippen LogP contribution >= 0.6 is 11.8 Å². The molecule has 1 heterocycles. The molecule has 2 aromatic carbocycles. The summed E-state index contributed by atoms with van der Waals surface area (Å²) in [7, 11) is 0. The lowest BCUT2D eigenvalue weighted by Crippen LogP contribution is -2.04. The fourth-order valence-electron chi connectivity index (χ4n) is 2.06. The van der Waals surface area contributed by atoms with Crippen LogP contribution in [0.2, 0.25) is 0 Å². The van der Waals surface area contributed by atoms with Gasteiger partial charge in [0.1, 0.15) is 0 Å². The molecule has 0 radical (unpaired) electrons. The van der Waals surface area contributed by atoms with Crippen LogP contribution < -0.4 is 0 Å². The van der Waals surface area contributed by atoms with Crippen LogP contribution in [0.5, 0.6) is 0 Å². The molecule has 0 aliphatic rings. The Morgan fingerprint density at radius 1 is 0.857 bits per heavy atom. The summed E-state index contributed by atoms with van der Waals surface area (Å²) in [5.41, 5.74) is 2.54. The SMILES string of the molecule is c1ccc(CCSc2nnnn2Cc2ccccc2)cc1. The number of rotatable bonds is 6. The van der Waals surface area contributed by atoms with E-state index >= 15 is 0 Å². The molecule has 0 fully saturated rings. The van der Waals surface area contributed by atoms with Crippen LogP contribution in [0.15, 0.2) is 65.8 Å². The zero-order valence-electron chi connectivity index (χ0n) is 11.6. The normalized spacial score (nSPS) is 10.7. The lowest BCUT2D eigenvalue weighted by Gasteiger charge is -2.04. The fourth-order valence-corrected chi connectivity index (χ4v) is 2.92. The second-order valence-electron chi connectivity index (χ2n) is 4.69. The van der Waals surface area contributed by atoms with E-state index in [2.05, 4.69) is 51.9 Å². The number of aryl methyl sites for hydroxylation is 1. The van der Waals surface area contributed by atoms with Gasteiger partial charge in [0.2, 0.25) is 5.16 Å². The minimum absolute atomic E-state index is 0.710. The van der Waals surface area contributed by atoms with Gasteiger partial charge in [-0.05, 0) is 28.0 Å². The molecule has 0 bridgehead atoms. The number of benzene rings is 2. The number of aromatic nitrogens is 4. The molecule has 21 heavy (non-hydrogen) atoms. The first-order valence-electron chi connectivity index (χ1n) is 6.88. The molecule has 0 aliphatic carbocycles. The van der Waals surface area contributed by atoms with Gasteiger partial charge in [-0.15, -0.1) is 5.10 Å². The Bertz CT molecular complexity index is 667. The zero-order chi connectivity index (χ0) is 14.3. The molecular weight excluding hydrogens is 280 g/mol. The van der Waals surface area contributed by atoms with Gasteiger partial charge >= 0.3 is 0 Å². The minimum atomic E-state index is 0.710. The van der Waals surface area contributed by atoms with E-state index in [-0.39, 0.29) is 0 Å². The second kappa shape index (κ2) is 7.04. The van der Waals surface area contributed by atoms with Crippen LogP contribution in [-0.2, 0) is 13.0 Å². The van der Waals surface area contributed by atoms with Crippen LogP contribution in [0.3, 0.4) is 0 Å². The largest absolute Gasteiger partial charge is 0.216 e. The number of hydrogen-bond acceptors (Lipinski definition) is 4.